The van der Waals surface area contributed by atoms with Crippen molar-refractivity contribution in [2.24, 2.45) is 5.73 Å². The quantitative estimate of drug-likeness (QED) is 0.841. The first-order valence-corrected chi connectivity index (χ1v) is 8.71. The number of carbonyl (C=O) groups is 1. The summed E-state index contributed by atoms with van der Waals surface area (Å²) in [5, 5.41) is 3.12. The van der Waals surface area contributed by atoms with Crippen LogP contribution in [0.25, 0.3) is 0 Å². The van der Waals surface area contributed by atoms with Crippen LogP contribution >= 0.6 is 12.4 Å². The van der Waals surface area contributed by atoms with E-state index in [0.717, 1.165) is 43.6 Å². The lowest BCUT2D eigenvalue weighted by Crippen LogP contribution is -2.44. The van der Waals surface area contributed by atoms with E-state index in [4.69, 9.17) is 5.73 Å². The molecule has 0 atom stereocenters. The van der Waals surface area contributed by atoms with Gasteiger partial charge in [-0.25, -0.2) is 4.39 Å². The zero-order chi connectivity index (χ0) is 17.6. The van der Waals surface area contributed by atoms with Crippen LogP contribution < -0.4 is 11.1 Å². The molecule has 0 aromatic heterocycles. The molecule has 1 aliphatic heterocycles. The molecule has 0 radical (unpaired) electrons. The monoisotopic (exact) mass is 377 g/mol. The number of nitrogens with one attached hydrogen (secondary N) is 1. The van der Waals surface area contributed by atoms with Crippen molar-refractivity contribution in [3.8, 4) is 0 Å². The van der Waals surface area contributed by atoms with Gasteiger partial charge in [-0.05, 0) is 48.2 Å². The van der Waals surface area contributed by atoms with Gasteiger partial charge >= 0.3 is 0 Å². The van der Waals surface area contributed by atoms with Gasteiger partial charge in [-0.1, -0.05) is 24.3 Å². The van der Waals surface area contributed by atoms with E-state index in [0.29, 0.717) is 12.1 Å². The van der Waals surface area contributed by atoms with Gasteiger partial charge in [0.25, 0.3) is 5.91 Å². The van der Waals surface area contributed by atoms with Crippen molar-refractivity contribution < 1.29 is 9.18 Å². The van der Waals surface area contributed by atoms with E-state index in [9.17, 15) is 9.18 Å². The number of amides is 1. The van der Waals surface area contributed by atoms with Crippen LogP contribution in [0, 0.1) is 5.82 Å². The Bertz CT molecular complexity index is 698. The van der Waals surface area contributed by atoms with Gasteiger partial charge in [-0.15, -0.1) is 12.4 Å². The Kier molecular flexibility index (Phi) is 7.57. The third-order valence-electron chi connectivity index (χ3n) is 4.69. The first-order chi connectivity index (χ1) is 12.1. The van der Waals surface area contributed by atoms with E-state index in [1.807, 2.05) is 36.4 Å². The van der Waals surface area contributed by atoms with Crippen LogP contribution in [0.5, 0.6) is 0 Å². The van der Waals surface area contributed by atoms with Crippen molar-refractivity contribution in [2.45, 2.75) is 32.0 Å². The summed E-state index contributed by atoms with van der Waals surface area (Å²) in [7, 11) is 0. The number of halogens is 2. The molecule has 3 rings (SSSR count). The molecule has 1 amide bonds. The number of benzene rings is 2. The molecular weight excluding hydrogens is 353 g/mol. The average molecular weight is 378 g/mol. The largest absolute Gasteiger partial charge is 0.349 e. The molecule has 1 fully saturated rings. The Labute approximate surface area is 160 Å². The zero-order valence-corrected chi connectivity index (χ0v) is 15.5. The molecule has 140 valence electrons. The molecule has 3 N–H and O–H groups in total. The highest BCUT2D eigenvalue weighted by Gasteiger charge is 2.21. The Balaban J connectivity index is 0.00000243. The molecule has 6 heteroatoms. The van der Waals surface area contributed by atoms with Gasteiger partial charge in [-0.3, -0.25) is 9.69 Å². The van der Waals surface area contributed by atoms with Gasteiger partial charge < -0.3 is 11.1 Å². The Morgan fingerprint density at radius 3 is 2.19 bits per heavy atom. The van der Waals surface area contributed by atoms with E-state index < -0.39 is 0 Å². The highest BCUT2D eigenvalue weighted by atomic mass is 35.5. The summed E-state index contributed by atoms with van der Waals surface area (Å²) in [4.78, 5) is 14.7. The number of hydrogen-bond acceptors (Lipinski definition) is 3. The van der Waals surface area contributed by atoms with Crippen LogP contribution in [-0.4, -0.2) is 29.9 Å². The van der Waals surface area contributed by atoms with Gasteiger partial charge in [0.1, 0.15) is 5.82 Å². The van der Waals surface area contributed by atoms with E-state index in [1.165, 1.54) is 12.1 Å². The fourth-order valence-electron chi connectivity index (χ4n) is 3.14. The molecule has 1 heterocycles. The number of piperidine rings is 1. The lowest BCUT2D eigenvalue weighted by Gasteiger charge is -2.32. The number of rotatable bonds is 5. The predicted octanol–water partition coefficient (Wildman–Crippen LogP) is 3.10. The molecule has 0 bridgehead atoms. The molecule has 1 saturated heterocycles. The first-order valence-electron chi connectivity index (χ1n) is 8.71. The van der Waals surface area contributed by atoms with Gasteiger partial charge in [0.15, 0.2) is 0 Å². The second-order valence-corrected chi connectivity index (χ2v) is 6.55. The molecular formula is C20H25ClFN3O. The SMILES string of the molecule is Cl.NCc1ccc(C(=O)NC2CCN(Cc3ccc(F)cc3)CC2)cc1. The van der Waals surface area contributed by atoms with Crippen LogP contribution in [0.1, 0.15) is 34.3 Å². The van der Waals surface area contributed by atoms with E-state index >= 15 is 0 Å². The van der Waals surface area contributed by atoms with Crippen LogP contribution in [0.3, 0.4) is 0 Å². The first kappa shape index (κ1) is 20.4. The molecule has 2 aromatic carbocycles. The molecule has 2 aromatic rings. The van der Waals surface area contributed by atoms with E-state index in [-0.39, 0.29) is 30.2 Å². The third kappa shape index (κ3) is 5.53. The summed E-state index contributed by atoms with van der Waals surface area (Å²) in [6, 6.07) is 14.3. The smallest absolute Gasteiger partial charge is 0.251 e. The Morgan fingerprint density at radius 2 is 1.62 bits per heavy atom. The van der Waals surface area contributed by atoms with Gasteiger partial charge in [0, 0.05) is 37.8 Å². The molecule has 0 unspecified atom stereocenters. The van der Waals surface area contributed by atoms with Crippen LogP contribution in [0.4, 0.5) is 4.39 Å². The maximum absolute atomic E-state index is 13.0. The highest BCUT2D eigenvalue weighted by Crippen LogP contribution is 2.15. The topological polar surface area (TPSA) is 58.4 Å². The number of nitrogens with zero attached hydrogens (tertiary/aromatic N) is 1. The van der Waals surface area contributed by atoms with Gasteiger partial charge in [0.2, 0.25) is 0 Å². The molecule has 1 aliphatic rings. The van der Waals surface area contributed by atoms with Crippen LogP contribution in [0.2, 0.25) is 0 Å². The average Bonchev–Trinajstić information content (AvgIpc) is 2.65. The van der Waals surface area contributed by atoms with Gasteiger partial charge in [0.05, 0.1) is 0 Å². The fraction of sp³-hybridized carbons (Fsp3) is 0.350. The summed E-state index contributed by atoms with van der Waals surface area (Å²) in [6.07, 6.45) is 1.85. The van der Waals surface area contributed by atoms with Crippen molar-refractivity contribution in [3.63, 3.8) is 0 Å². The lowest BCUT2D eigenvalue weighted by molar-refractivity contribution is 0.0909. The number of likely N-dealkylation sites (tertiary alicyclic amines) is 1. The second-order valence-electron chi connectivity index (χ2n) is 6.55. The van der Waals surface area contributed by atoms with E-state index in [1.54, 1.807) is 0 Å². The maximum atomic E-state index is 13.0. The minimum atomic E-state index is -0.204. The zero-order valence-electron chi connectivity index (χ0n) is 14.7. The maximum Gasteiger partial charge on any atom is 0.251 e. The highest BCUT2D eigenvalue weighted by molar-refractivity contribution is 5.94. The summed E-state index contributed by atoms with van der Waals surface area (Å²) >= 11 is 0. The van der Waals surface area contributed by atoms with Crippen molar-refractivity contribution >= 4 is 18.3 Å². The summed E-state index contributed by atoms with van der Waals surface area (Å²) in [5.41, 5.74) is 8.38. The molecule has 0 saturated carbocycles. The number of hydrogen-bond donors (Lipinski definition) is 2. The van der Waals surface area contributed by atoms with Crippen molar-refractivity contribution in [2.75, 3.05) is 13.1 Å². The normalized spacial score (nSPS) is 15.3. The molecule has 4 nitrogen and oxygen atoms in total. The molecule has 0 spiro atoms. The Morgan fingerprint density at radius 1 is 1.04 bits per heavy atom. The minimum Gasteiger partial charge on any atom is -0.349 e. The van der Waals surface area contributed by atoms with Crippen LogP contribution in [0.15, 0.2) is 48.5 Å². The summed E-state index contributed by atoms with van der Waals surface area (Å²) in [5.74, 6) is -0.231. The third-order valence-corrected chi connectivity index (χ3v) is 4.69. The predicted molar refractivity (Wildman–Crippen MR) is 104 cm³/mol. The molecule has 0 aliphatic carbocycles. The number of carbonyl (C=O) groups excluding carboxylic acids is 1. The van der Waals surface area contributed by atoms with Crippen molar-refractivity contribution in [1.82, 2.24) is 10.2 Å². The standard InChI is InChI=1S/C20H24FN3O.ClH/c21-18-7-3-16(4-8-18)14-24-11-9-19(10-12-24)23-20(25)17-5-1-15(13-22)2-6-17;/h1-8,19H,9-14,22H2,(H,23,25);1H. The summed E-state index contributed by atoms with van der Waals surface area (Å²) in [6.45, 7) is 3.15. The second kappa shape index (κ2) is 9.67. The number of nitrogens with two attached hydrogens (primary N) is 1. The van der Waals surface area contributed by atoms with Crippen LogP contribution in [-0.2, 0) is 13.1 Å². The van der Waals surface area contributed by atoms with Crippen molar-refractivity contribution in [1.29, 1.82) is 0 Å². The van der Waals surface area contributed by atoms with Crippen molar-refractivity contribution in [3.05, 3.63) is 71.0 Å². The summed E-state index contributed by atoms with van der Waals surface area (Å²) < 4.78 is 13.0. The fourth-order valence-corrected chi connectivity index (χ4v) is 3.14. The lowest BCUT2D eigenvalue weighted by atomic mass is 10.0. The molecule has 26 heavy (non-hydrogen) atoms. The van der Waals surface area contributed by atoms with E-state index in [2.05, 4.69) is 10.2 Å². The van der Waals surface area contributed by atoms with Gasteiger partial charge in [-0.2, -0.15) is 0 Å². The minimum absolute atomic E-state index is 0. The Hall–Kier alpha value is -1.95.